The van der Waals surface area contributed by atoms with E-state index < -0.39 is 18.1 Å². The number of carbonyl (C=O) groups excluding carboxylic acids is 1. The molecule has 1 aromatic heterocycles. The Hall–Kier alpha value is -4.20. The van der Waals surface area contributed by atoms with E-state index >= 15 is 0 Å². The molecule has 0 atom stereocenters. The van der Waals surface area contributed by atoms with Crippen LogP contribution in [0.4, 0.5) is 14.5 Å². The Labute approximate surface area is 187 Å². The number of benzene rings is 3. The molecule has 1 amide bonds. The molecule has 0 radical (unpaired) electrons. The average molecular weight is 451 g/mol. The fraction of sp³-hybridized carbons (Fsp3) is 0.120. The normalized spacial score (nSPS) is 10.9. The molecule has 0 saturated carbocycles. The summed E-state index contributed by atoms with van der Waals surface area (Å²) >= 11 is 0. The van der Waals surface area contributed by atoms with E-state index in [1.807, 2.05) is 30.3 Å². The highest BCUT2D eigenvalue weighted by atomic mass is 19.3. The fourth-order valence-electron chi connectivity index (χ4n) is 3.30. The summed E-state index contributed by atoms with van der Waals surface area (Å²) in [6, 6.07) is 21.6. The van der Waals surface area contributed by atoms with Gasteiger partial charge in [0.05, 0.1) is 0 Å². The van der Waals surface area contributed by atoms with E-state index in [1.165, 1.54) is 24.3 Å². The lowest BCUT2D eigenvalue weighted by molar-refractivity contribution is -0.118. The first-order chi connectivity index (χ1) is 16.0. The Morgan fingerprint density at radius 3 is 2.55 bits per heavy atom. The molecule has 0 bridgehead atoms. The van der Waals surface area contributed by atoms with Gasteiger partial charge in [0, 0.05) is 35.2 Å². The second kappa shape index (κ2) is 9.95. The zero-order valence-corrected chi connectivity index (χ0v) is 17.3. The average Bonchev–Trinajstić information content (AvgIpc) is 2.79. The molecule has 0 aliphatic heterocycles. The maximum absolute atomic E-state index is 12.8. The highest BCUT2D eigenvalue weighted by Gasteiger charge is 2.13. The first-order valence-electron chi connectivity index (χ1n) is 10.0. The number of nitrogens with one attached hydrogen (secondary N) is 1. The van der Waals surface area contributed by atoms with Crippen LogP contribution >= 0.6 is 0 Å². The maximum Gasteiger partial charge on any atom is 0.387 e. The molecule has 3 aromatic carbocycles. The molecule has 4 aromatic rings. The topological polar surface area (TPSA) is 77.8 Å². The van der Waals surface area contributed by atoms with Gasteiger partial charge >= 0.3 is 12.2 Å². The van der Waals surface area contributed by atoms with Crippen molar-refractivity contribution < 1.29 is 27.5 Å². The Kier molecular flexibility index (Phi) is 6.64. The van der Waals surface area contributed by atoms with Crippen LogP contribution in [0, 0.1) is 0 Å². The third kappa shape index (κ3) is 5.94. The minimum Gasteiger partial charge on any atom is -0.484 e. The minimum absolute atomic E-state index is 0.0424. The lowest BCUT2D eigenvalue weighted by Crippen LogP contribution is -2.20. The van der Waals surface area contributed by atoms with Crippen molar-refractivity contribution in [2.24, 2.45) is 0 Å². The quantitative estimate of drug-likeness (QED) is 0.382. The third-order valence-electron chi connectivity index (χ3n) is 4.76. The van der Waals surface area contributed by atoms with Crippen molar-refractivity contribution in [3.05, 3.63) is 100 Å². The van der Waals surface area contributed by atoms with Crippen molar-refractivity contribution in [3.63, 3.8) is 0 Å². The molecule has 0 saturated heterocycles. The number of rotatable bonds is 8. The molecule has 1 heterocycles. The molecule has 0 fully saturated rings. The van der Waals surface area contributed by atoms with E-state index in [1.54, 1.807) is 24.3 Å². The third-order valence-corrected chi connectivity index (χ3v) is 4.76. The van der Waals surface area contributed by atoms with E-state index in [0.717, 1.165) is 10.9 Å². The summed E-state index contributed by atoms with van der Waals surface area (Å²) in [5.74, 6) is -0.0454. The van der Waals surface area contributed by atoms with Crippen LogP contribution in [0.1, 0.15) is 11.1 Å². The molecule has 0 unspecified atom stereocenters. The number of hydrogen-bond donors (Lipinski definition) is 1. The van der Waals surface area contributed by atoms with Gasteiger partial charge in [-0.3, -0.25) is 4.79 Å². The van der Waals surface area contributed by atoms with Crippen LogP contribution < -0.4 is 20.4 Å². The Morgan fingerprint density at radius 2 is 1.76 bits per heavy atom. The zero-order valence-electron chi connectivity index (χ0n) is 17.3. The Morgan fingerprint density at radius 1 is 0.970 bits per heavy atom. The van der Waals surface area contributed by atoms with Crippen molar-refractivity contribution in [3.8, 4) is 11.5 Å². The largest absolute Gasteiger partial charge is 0.484 e. The van der Waals surface area contributed by atoms with Gasteiger partial charge < -0.3 is 19.2 Å². The van der Waals surface area contributed by atoms with E-state index in [2.05, 4.69) is 10.1 Å². The summed E-state index contributed by atoms with van der Waals surface area (Å²) in [6.07, 6.45) is 0.353. The van der Waals surface area contributed by atoms with Crippen molar-refractivity contribution in [1.29, 1.82) is 0 Å². The lowest BCUT2D eigenvalue weighted by atomic mass is 10.0. The summed E-state index contributed by atoms with van der Waals surface area (Å²) in [4.78, 5) is 23.7. The monoisotopic (exact) mass is 451 g/mol. The van der Waals surface area contributed by atoms with Crippen LogP contribution in [0.2, 0.25) is 0 Å². The molecular weight excluding hydrogens is 432 g/mol. The van der Waals surface area contributed by atoms with Crippen molar-refractivity contribution in [2.45, 2.75) is 13.0 Å². The molecule has 4 rings (SSSR count). The summed E-state index contributed by atoms with van der Waals surface area (Å²) in [6.45, 7) is -3.26. The molecule has 0 aliphatic rings. The van der Waals surface area contributed by atoms with Gasteiger partial charge in [-0.15, -0.1) is 0 Å². The van der Waals surface area contributed by atoms with Gasteiger partial charge in [-0.2, -0.15) is 8.78 Å². The predicted molar refractivity (Wildman–Crippen MR) is 119 cm³/mol. The van der Waals surface area contributed by atoms with Crippen LogP contribution in [-0.2, 0) is 11.2 Å². The van der Waals surface area contributed by atoms with Crippen LogP contribution in [0.5, 0.6) is 11.5 Å². The first kappa shape index (κ1) is 22.0. The van der Waals surface area contributed by atoms with E-state index in [-0.39, 0.29) is 12.4 Å². The van der Waals surface area contributed by atoms with Crippen LogP contribution in [-0.4, -0.2) is 19.1 Å². The molecule has 6 nitrogen and oxygen atoms in total. The standard InChI is InChI=1S/C25H19F2NO5/c26-25(27)33-21-10-8-19(13-18(21)12-16-4-2-1-3-5-16)28-23(29)15-31-20-9-6-17-7-11-24(30)32-22(17)14-20/h1-11,13-14,25H,12,15H2,(H,28,29). The molecule has 8 heteroatoms. The van der Waals surface area contributed by atoms with Crippen LogP contribution in [0.3, 0.4) is 0 Å². The van der Waals surface area contributed by atoms with Crippen LogP contribution in [0.25, 0.3) is 11.0 Å². The SMILES string of the molecule is O=C(COc1ccc2ccc(=O)oc2c1)Nc1ccc(OC(F)F)c(Cc2ccccc2)c1. The van der Waals surface area contributed by atoms with Gasteiger partial charge in [0.25, 0.3) is 5.91 Å². The van der Waals surface area contributed by atoms with E-state index in [0.29, 0.717) is 29.0 Å². The van der Waals surface area contributed by atoms with E-state index in [4.69, 9.17) is 9.15 Å². The molecule has 33 heavy (non-hydrogen) atoms. The number of halogens is 2. The second-order valence-electron chi connectivity index (χ2n) is 7.15. The summed E-state index contributed by atoms with van der Waals surface area (Å²) in [7, 11) is 0. The molecule has 0 spiro atoms. The zero-order chi connectivity index (χ0) is 23.2. The van der Waals surface area contributed by atoms with Gasteiger partial charge in [0.1, 0.15) is 17.1 Å². The summed E-state index contributed by atoms with van der Waals surface area (Å²) in [5, 5.41) is 3.41. The number of fused-ring (bicyclic) bond motifs is 1. The number of alkyl halides is 2. The minimum atomic E-state index is -2.96. The Balaban J connectivity index is 1.44. The highest BCUT2D eigenvalue weighted by Crippen LogP contribution is 2.27. The number of hydrogen-bond acceptors (Lipinski definition) is 5. The van der Waals surface area contributed by atoms with Gasteiger partial charge in [0.15, 0.2) is 6.61 Å². The van der Waals surface area contributed by atoms with Gasteiger partial charge in [0.2, 0.25) is 0 Å². The fourth-order valence-corrected chi connectivity index (χ4v) is 3.30. The highest BCUT2D eigenvalue weighted by molar-refractivity contribution is 5.92. The predicted octanol–water partition coefficient (Wildman–Crippen LogP) is 5.00. The number of amides is 1. The van der Waals surface area contributed by atoms with Gasteiger partial charge in [-0.25, -0.2) is 4.79 Å². The number of carbonyl (C=O) groups is 1. The molecule has 168 valence electrons. The number of ether oxygens (including phenoxy) is 2. The van der Waals surface area contributed by atoms with Gasteiger partial charge in [-0.05, 0) is 42.0 Å². The van der Waals surface area contributed by atoms with Crippen molar-refractivity contribution in [2.75, 3.05) is 11.9 Å². The Bertz CT molecular complexity index is 1320. The molecule has 1 N–H and O–H groups in total. The first-order valence-corrected chi connectivity index (χ1v) is 10.0. The van der Waals surface area contributed by atoms with Gasteiger partial charge in [-0.1, -0.05) is 30.3 Å². The van der Waals surface area contributed by atoms with Crippen molar-refractivity contribution >= 4 is 22.6 Å². The smallest absolute Gasteiger partial charge is 0.387 e. The lowest BCUT2D eigenvalue weighted by Gasteiger charge is -2.14. The summed E-state index contributed by atoms with van der Waals surface area (Å²) < 4.78 is 40.8. The number of anilines is 1. The molecule has 0 aliphatic carbocycles. The second-order valence-corrected chi connectivity index (χ2v) is 7.15. The van der Waals surface area contributed by atoms with Crippen molar-refractivity contribution in [1.82, 2.24) is 0 Å². The maximum atomic E-state index is 12.8. The van der Waals surface area contributed by atoms with E-state index in [9.17, 15) is 18.4 Å². The van der Waals surface area contributed by atoms with Crippen LogP contribution in [0.15, 0.2) is 88.1 Å². The molecular formula is C25H19F2NO5. The summed E-state index contributed by atoms with van der Waals surface area (Å²) in [5.41, 5.74) is 1.69.